The van der Waals surface area contributed by atoms with Crippen LogP contribution < -0.4 is 0 Å². The number of aryl methyl sites for hydroxylation is 1. The normalized spacial score (nSPS) is 13.1. The second-order valence-electron chi connectivity index (χ2n) is 4.89. The molecule has 0 saturated carbocycles. The second-order valence-corrected chi connectivity index (χ2v) is 7.43. The van der Waals surface area contributed by atoms with Crippen molar-refractivity contribution in [3.05, 3.63) is 11.9 Å². The molecule has 0 fully saturated rings. The van der Waals surface area contributed by atoms with Crippen LogP contribution in [0, 0.1) is 5.92 Å². The van der Waals surface area contributed by atoms with Gasteiger partial charge in [0.1, 0.15) is 4.90 Å². The monoisotopic (exact) mass is 348 g/mol. The molecule has 0 bridgehead atoms. The smallest absolute Gasteiger partial charge is 0.375 e. The number of ether oxygens (including phenoxy) is 1. The van der Waals surface area contributed by atoms with Crippen LogP contribution in [0.4, 0.5) is 13.2 Å². The van der Waals surface area contributed by atoms with E-state index in [1.165, 1.54) is 0 Å². The maximum atomic E-state index is 12.3. The van der Waals surface area contributed by atoms with Crippen molar-refractivity contribution in [1.29, 1.82) is 0 Å². The molecule has 10 heteroatoms. The minimum absolute atomic E-state index is 0.0231. The molecule has 0 radical (unpaired) electrons. The zero-order chi connectivity index (χ0) is 16.3. The molecule has 1 heterocycles. The summed E-state index contributed by atoms with van der Waals surface area (Å²) >= 11 is 0. The van der Waals surface area contributed by atoms with Crippen LogP contribution in [0.3, 0.4) is 0 Å². The Kier molecular flexibility index (Phi) is 6.06. The molecule has 21 heavy (non-hydrogen) atoms. The number of nitrogens with zero attached hydrogens (tertiary/aromatic N) is 2. The van der Waals surface area contributed by atoms with E-state index in [-0.39, 0.29) is 23.1 Å². The molecule has 0 atom stereocenters. The number of aromatic nitrogens is 2. The number of halogens is 4. The van der Waals surface area contributed by atoms with E-state index in [0.29, 0.717) is 6.61 Å². The third-order valence-corrected chi connectivity index (χ3v) is 3.84. The maximum Gasteiger partial charge on any atom is 0.390 e. The highest BCUT2D eigenvalue weighted by Gasteiger charge is 2.28. The summed E-state index contributed by atoms with van der Waals surface area (Å²) in [5.41, 5.74) is 0.0231. The Morgan fingerprint density at radius 1 is 1.43 bits per heavy atom. The molecule has 1 aromatic rings. The maximum absolute atomic E-state index is 12.3. The van der Waals surface area contributed by atoms with E-state index >= 15 is 0 Å². The molecule has 0 aliphatic carbocycles. The molecule has 0 saturated heterocycles. The molecule has 1 rings (SSSR count). The van der Waals surface area contributed by atoms with Crippen molar-refractivity contribution in [3.8, 4) is 0 Å². The molecule has 122 valence electrons. The lowest BCUT2D eigenvalue weighted by Crippen LogP contribution is -2.16. The van der Waals surface area contributed by atoms with E-state index < -0.39 is 28.2 Å². The van der Waals surface area contributed by atoms with Gasteiger partial charge in [0.2, 0.25) is 0 Å². The molecule has 0 aliphatic rings. The number of alkyl halides is 3. The Bertz CT molecular complexity index is 570. The highest BCUT2D eigenvalue weighted by molar-refractivity contribution is 8.13. The predicted octanol–water partition coefficient (Wildman–Crippen LogP) is 2.94. The van der Waals surface area contributed by atoms with E-state index in [1.807, 2.05) is 13.8 Å². The van der Waals surface area contributed by atoms with Gasteiger partial charge in [-0.3, -0.25) is 4.68 Å². The summed E-state index contributed by atoms with van der Waals surface area (Å²) in [7, 11) is 1.16. The SMILES string of the molecule is CC(C)COCc1c(S(=O)(=O)Cl)cnn1CCC(F)(F)F. The molecule has 0 aliphatic heterocycles. The molecule has 0 unspecified atom stereocenters. The average Bonchev–Trinajstić information content (AvgIpc) is 2.68. The summed E-state index contributed by atoms with van der Waals surface area (Å²) in [5.74, 6) is 0.201. The van der Waals surface area contributed by atoms with Gasteiger partial charge < -0.3 is 4.74 Å². The number of rotatable bonds is 7. The number of hydrogen-bond donors (Lipinski definition) is 0. The van der Waals surface area contributed by atoms with Crippen molar-refractivity contribution in [3.63, 3.8) is 0 Å². The zero-order valence-corrected chi connectivity index (χ0v) is 13.1. The summed E-state index contributed by atoms with van der Waals surface area (Å²) in [6, 6.07) is 0. The van der Waals surface area contributed by atoms with E-state index in [4.69, 9.17) is 15.4 Å². The topological polar surface area (TPSA) is 61.2 Å². The summed E-state index contributed by atoms with van der Waals surface area (Å²) in [4.78, 5) is -0.324. The molecule has 5 nitrogen and oxygen atoms in total. The van der Waals surface area contributed by atoms with Crippen LogP contribution in [0.25, 0.3) is 0 Å². The Labute approximate surface area is 125 Å². The van der Waals surface area contributed by atoms with Crippen LogP contribution in [-0.4, -0.2) is 31.0 Å². The first-order valence-corrected chi connectivity index (χ1v) is 8.45. The Hall–Kier alpha value is -0.800. The Morgan fingerprint density at radius 2 is 2.05 bits per heavy atom. The fourth-order valence-electron chi connectivity index (χ4n) is 1.56. The fraction of sp³-hybridized carbons (Fsp3) is 0.727. The van der Waals surface area contributed by atoms with E-state index in [1.54, 1.807) is 0 Å². The molecular weight excluding hydrogens is 333 g/mol. The molecule has 0 spiro atoms. The van der Waals surface area contributed by atoms with Crippen molar-refractivity contribution in [1.82, 2.24) is 9.78 Å². The van der Waals surface area contributed by atoms with Gasteiger partial charge in [-0.2, -0.15) is 18.3 Å². The molecule has 0 amide bonds. The Morgan fingerprint density at radius 3 is 2.52 bits per heavy atom. The molecule has 0 N–H and O–H groups in total. The van der Waals surface area contributed by atoms with Crippen LogP contribution in [0.15, 0.2) is 11.1 Å². The largest absolute Gasteiger partial charge is 0.390 e. The van der Waals surface area contributed by atoms with Gasteiger partial charge in [-0.25, -0.2) is 8.42 Å². The van der Waals surface area contributed by atoms with E-state index in [2.05, 4.69) is 5.10 Å². The van der Waals surface area contributed by atoms with Gasteiger partial charge in [-0.05, 0) is 5.92 Å². The quantitative estimate of drug-likeness (QED) is 0.711. The molecule has 0 aromatic carbocycles. The Balaban J connectivity index is 2.94. The van der Waals surface area contributed by atoms with Crippen molar-refractivity contribution >= 4 is 19.7 Å². The lowest BCUT2D eigenvalue weighted by molar-refractivity contribution is -0.137. The van der Waals surface area contributed by atoms with Crippen molar-refractivity contribution in [2.24, 2.45) is 5.92 Å². The lowest BCUT2D eigenvalue weighted by Gasteiger charge is -2.12. The van der Waals surface area contributed by atoms with Crippen LogP contribution in [-0.2, 0) is 26.9 Å². The van der Waals surface area contributed by atoms with Crippen LogP contribution in [0.2, 0.25) is 0 Å². The first-order valence-electron chi connectivity index (χ1n) is 6.14. The molecular formula is C11H16ClF3N2O3S. The van der Waals surface area contributed by atoms with Gasteiger partial charge >= 0.3 is 6.18 Å². The van der Waals surface area contributed by atoms with E-state index in [0.717, 1.165) is 10.9 Å². The van der Waals surface area contributed by atoms with Crippen LogP contribution in [0.5, 0.6) is 0 Å². The number of hydrogen-bond acceptors (Lipinski definition) is 4. The highest BCUT2D eigenvalue weighted by Crippen LogP contribution is 2.24. The van der Waals surface area contributed by atoms with Crippen LogP contribution >= 0.6 is 10.7 Å². The standard InChI is InChI=1S/C11H16ClF3N2O3S/c1-8(2)6-20-7-9-10(21(12,18)19)5-16-17(9)4-3-11(13,14)15/h5,8H,3-4,6-7H2,1-2H3. The molecule has 1 aromatic heterocycles. The fourth-order valence-corrected chi connectivity index (χ4v) is 2.57. The zero-order valence-electron chi connectivity index (χ0n) is 11.5. The van der Waals surface area contributed by atoms with Crippen molar-refractivity contribution in [2.75, 3.05) is 6.61 Å². The first-order chi connectivity index (χ1) is 9.50. The van der Waals surface area contributed by atoms with Gasteiger partial charge in [-0.1, -0.05) is 13.8 Å². The first kappa shape index (κ1) is 18.2. The summed E-state index contributed by atoms with van der Waals surface area (Å²) in [6.45, 7) is 3.46. The van der Waals surface area contributed by atoms with Gasteiger partial charge in [0.15, 0.2) is 0 Å². The van der Waals surface area contributed by atoms with E-state index in [9.17, 15) is 21.6 Å². The lowest BCUT2D eigenvalue weighted by atomic mass is 10.2. The predicted molar refractivity (Wildman–Crippen MR) is 70.4 cm³/mol. The van der Waals surface area contributed by atoms with Gasteiger partial charge in [0, 0.05) is 23.8 Å². The van der Waals surface area contributed by atoms with Gasteiger partial charge in [-0.15, -0.1) is 0 Å². The van der Waals surface area contributed by atoms with Crippen molar-refractivity contribution < 1.29 is 26.3 Å². The average molecular weight is 349 g/mol. The second kappa shape index (κ2) is 6.97. The van der Waals surface area contributed by atoms with Gasteiger partial charge in [0.05, 0.1) is 24.9 Å². The summed E-state index contributed by atoms with van der Waals surface area (Å²) < 4.78 is 65.8. The minimum atomic E-state index is -4.36. The third kappa shape index (κ3) is 6.23. The highest BCUT2D eigenvalue weighted by atomic mass is 35.7. The van der Waals surface area contributed by atoms with Crippen LogP contribution in [0.1, 0.15) is 26.0 Å². The summed E-state index contributed by atoms with van der Waals surface area (Å²) in [6.07, 6.45) is -4.54. The van der Waals surface area contributed by atoms with Crippen molar-refractivity contribution in [2.45, 2.75) is 44.5 Å². The third-order valence-electron chi connectivity index (χ3n) is 2.47. The minimum Gasteiger partial charge on any atom is -0.375 e. The summed E-state index contributed by atoms with van der Waals surface area (Å²) in [5, 5.41) is 3.66. The van der Waals surface area contributed by atoms with Gasteiger partial charge in [0.25, 0.3) is 9.05 Å².